The topological polar surface area (TPSA) is 72.2 Å². The largest absolute Gasteiger partial charge is 0.324 e. The molecule has 1 N–H and O–H groups in total. The molecule has 0 unspecified atom stereocenters. The average Bonchev–Trinajstić information content (AvgIpc) is 2.51. The normalized spacial score (nSPS) is 10.3. The van der Waals surface area contributed by atoms with E-state index in [1.54, 1.807) is 30.3 Å². The van der Waals surface area contributed by atoms with Crippen molar-refractivity contribution in [2.75, 3.05) is 11.1 Å². The number of non-ortho nitro benzene ring substituents is 1. The molecule has 0 heterocycles. The molecule has 0 aliphatic rings. The summed E-state index contributed by atoms with van der Waals surface area (Å²) in [6.45, 7) is 0. The number of hydrogen-bond acceptors (Lipinski definition) is 4. The van der Waals surface area contributed by atoms with Crippen LogP contribution in [0.4, 0.5) is 11.4 Å². The van der Waals surface area contributed by atoms with Crippen LogP contribution < -0.4 is 5.32 Å². The van der Waals surface area contributed by atoms with Gasteiger partial charge in [0, 0.05) is 22.9 Å². The molecular formula is C15H12Cl2N2O3S. The van der Waals surface area contributed by atoms with Crippen LogP contribution in [0.2, 0.25) is 10.0 Å². The number of thioether (sulfide) groups is 1. The highest BCUT2D eigenvalue weighted by molar-refractivity contribution is 7.99. The number of nitro groups is 1. The van der Waals surface area contributed by atoms with E-state index in [1.807, 2.05) is 0 Å². The Hall–Kier alpha value is -1.76. The number of rotatable bonds is 6. The van der Waals surface area contributed by atoms with Gasteiger partial charge < -0.3 is 5.32 Å². The second-order valence-corrected chi connectivity index (χ2v) is 6.42. The summed E-state index contributed by atoms with van der Waals surface area (Å²) in [6.07, 6.45) is 0. The first kappa shape index (κ1) is 17.6. The lowest BCUT2D eigenvalue weighted by Gasteiger charge is -2.07. The van der Waals surface area contributed by atoms with Gasteiger partial charge in [0.15, 0.2) is 0 Å². The molecule has 0 atom stereocenters. The molecule has 2 aromatic carbocycles. The van der Waals surface area contributed by atoms with Crippen molar-refractivity contribution in [3.05, 3.63) is 68.2 Å². The van der Waals surface area contributed by atoms with Gasteiger partial charge in [-0.05, 0) is 23.8 Å². The molecule has 2 aromatic rings. The molecule has 0 aliphatic carbocycles. The third-order valence-corrected chi connectivity index (χ3v) is 4.42. The van der Waals surface area contributed by atoms with E-state index in [2.05, 4.69) is 5.32 Å². The van der Waals surface area contributed by atoms with Gasteiger partial charge in [0.25, 0.3) is 5.69 Å². The van der Waals surface area contributed by atoms with Crippen LogP contribution in [0.1, 0.15) is 5.56 Å². The lowest BCUT2D eigenvalue weighted by Crippen LogP contribution is -2.14. The molecule has 120 valence electrons. The van der Waals surface area contributed by atoms with Gasteiger partial charge in [-0.2, -0.15) is 0 Å². The molecule has 2 rings (SSSR count). The number of nitrogens with one attached hydrogen (secondary N) is 1. The number of anilines is 1. The number of carbonyl (C=O) groups excluding carboxylic acids is 1. The number of carbonyl (C=O) groups is 1. The zero-order chi connectivity index (χ0) is 16.8. The fraction of sp³-hybridized carbons (Fsp3) is 0.133. The molecular weight excluding hydrogens is 359 g/mol. The Morgan fingerprint density at radius 1 is 1.17 bits per heavy atom. The van der Waals surface area contributed by atoms with E-state index in [1.165, 1.54) is 23.9 Å². The number of hydrogen-bond donors (Lipinski definition) is 1. The number of nitrogens with zero attached hydrogens (tertiary/aromatic N) is 1. The maximum atomic E-state index is 11.9. The Balaban J connectivity index is 1.82. The lowest BCUT2D eigenvalue weighted by molar-refractivity contribution is -0.384. The van der Waals surface area contributed by atoms with Gasteiger partial charge in [0.2, 0.25) is 5.91 Å². The monoisotopic (exact) mass is 370 g/mol. The van der Waals surface area contributed by atoms with Crippen molar-refractivity contribution in [1.29, 1.82) is 0 Å². The van der Waals surface area contributed by atoms with Gasteiger partial charge in [0.05, 0.1) is 21.4 Å². The molecule has 0 saturated heterocycles. The van der Waals surface area contributed by atoms with E-state index in [0.717, 1.165) is 5.56 Å². The van der Waals surface area contributed by atoms with Crippen molar-refractivity contribution in [3.8, 4) is 0 Å². The van der Waals surface area contributed by atoms with E-state index in [4.69, 9.17) is 23.2 Å². The standard InChI is InChI=1S/C15H12Cl2N2O3S/c16-11-3-6-13(17)14(7-11)18-15(20)9-23-8-10-1-4-12(5-2-10)19(21)22/h1-7H,8-9H2,(H,18,20). The fourth-order valence-electron chi connectivity index (χ4n) is 1.76. The summed E-state index contributed by atoms with van der Waals surface area (Å²) >= 11 is 13.2. The van der Waals surface area contributed by atoms with Crippen molar-refractivity contribution in [1.82, 2.24) is 0 Å². The van der Waals surface area contributed by atoms with Crippen LogP contribution in [0.3, 0.4) is 0 Å². The third-order valence-electron chi connectivity index (χ3n) is 2.85. The molecule has 0 radical (unpaired) electrons. The minimum absolute atomic E-state index is 0.0482. The maximum Gasteiger partial charge on any atom is 0.269 e. The van der Waals surface area contributed by atoms with Crippen LogP contribution in [0.25, 0.3) is 0 Å². The molecule has 8 heteroatoms. The molecule has 1 amide bonds. The van der Waals surface area contributed by atoms with Crippen molar-refractivity contribution < 1.29 is 9.72 Å². The van der Waals surface area contributed by atoms with Crippen LogP contribution in [0.15, 0.2) is 42.5 Å². The quantitative estimate of drug-likeness (QED) is 0.586. The van der Waals surface area contributed by atoms with Gasteiger partial charge in [-0.1, -0.05) is 35.3 Å². The molecule has 0 aliphatic heterocycles. The van der Waals surface area contributed by atoms with E-state index in [-0.39, 0.29) is 17.3 Å². The van der Waals surface area contributed by atoms with E-state index in [0.29, 0.717) is 21.5 Å². The number of halogens is 2. The highest BCUT2D eigenvalue weighted by atomic mass is 35.5. The van der Waals surface area contributed by atoms with E-state index >= 15 is 0 Å². The molecule has 5 nitrogen and oxygen atoms in total. The summed E-state index contributed by atoms with van der Waals surface area (Å²) < 4.78 is 0. The minimum Gasteiger partial charge on any atom is -0.324 e. The predicted octanol–water partition coefficient (Wildman–Crippen LogP) is 4.77. The molecule has 0 saturated carbocycles. The maximum absolute atomic E-state index is 11.9. The summed E-state index contributed by atoms with van der Waals surface area (Å²) in [7, 11) is 0. The number of amides is 1. The van der Waals surface area contributed by atoms with Crippen LogP contribution in [0, 0.1) is 10.1 Å². The smallest absolute Gasteiger partial charge is 0.269 e. The van der Waals surface area contributed by atoms with Crippen LogP contribution in [-0.2, 0) is 10.5 Å². The van der Waals surface area contributed by atoms with Crippen LogP contribution >= 0.6 is 35.0 Å². The SMILES string of the molecule is O=C(CSCc1ccc([N+](=O)[O-])cc1)Nc1cc(Cl)ccc1Cl. The van der Waals surface area contributed by atoms with Crippen LogP contribution in [-0.4, -0.2) is 16.6 Å². The fourth-order valence-corrected chi connectivity index (χ4v) is 2.88. The molecule has 0 fully saturated rings. The van der Waals surface area contributed by atoms with Gasteiger partial charge in [0.1, 0.15) is 0 Å². The predicted molar refractivity (Wildman–Crippen MR) is 94.4 cm³/mol. The molecule has 0 bridgehead atoms. The lowest BCUT2D eigenvalue weighted by atomic mass is 10.2. The number of nitro benzene ring substituents is 1. The van der Waals surface area contributed by atoms with Crippen molar-refractivity contribution in [2.45, 2.75) is 5.75 Å². The third kappa shape index (κ3) is 5.42. The van der Waals surface area contributed by atoms with E-state index < -0.39 is 4.92 Å². The number of benzene rings is 2. The summed E-state index contributed by atoms with van der Waals surface area (Å²) in [6, 6.07) is 11.1. The second kappa shape index (κ2) is 8.19. The second-order valence-electron chi connectivity index (χ2n) is 4.59. The van der Waals surface area contributed by atoms with Crippen molar-refractivity contribution >= 4 is 52.2 Å². The van der Waals surface area contributed by atoms with Crippen molar-refractivity contribution in [3.63, 3.8) is 0 Å². The van der Waals surface area contributed by atoms with Gasteiger partial charge >= 0.3 is 0 Å². The zero-order valence-electron chi connectivity index (χ0n) is 11.8. The Kier molecular flexibility index (Phi) is 6.27. The van der Waals surface area contributed by atoms with Crippen molar-refractivity contribution in [2.24, 2.45) is 0 Å². The highest BCUT2D eigenvalue weighted by Gasteiger charge is 2.08. The van der Waals surface area contributed by atoms with Crippen LogP contribution in [0.5, 0.6) is 0 Å². The van der Waals surface area contributed by atoms with Gasteiger partial charge in [-0.3, -0.25) is 14.9 Å². The molecule has 0 spiro atoms. The minimum atomic E-state index is -0.445. The summed E-state index contributed by atoms with van der Waals surface area (Å²) in [5.41, 5.74) is 1.43. The Morgan fingerprint density at radius 3 is 2.52 bits per heavy atom. The van der Waals surface area contributed by atoms with Gasteiger partial charge in [-0.25, -0.2) is 0 Å². The Bertz CT molecular complexity index is 723. The summed E-state index contributed by atoms with van der Waals surface area (Å²) in [4.78, 5) is 22.0. The summed E-state index contributed by atoms with van der Waals surface area (Å²) in [5.74, 6) is 0.621. The average molecular weight is 371 g/mol. The zero-order valence-corrected chi connectivity index (χ0v) is 14.1. The first-order chi connectivity index (χ1) is 11.0. The van der Waals surface area contributed by atoms with E-state index in [9.17, 15) is 14.9 Å². The van der Waals surface area contributed by atoms with Gasteiger partial charge in [-0.15, -0.1) is 11.8 Å². The first-order valence-electron chi connectivity index (χ1n) is 6.51. The first-order valence-corrected chi connectivity index (χ1v) is 8.43. The molecule has 23 heavy (non-hydrogen) atoms. The Labute approximate surface area is 147 Å². The summed E-state index contributed by atoms with van der Waals surface area (Å²) in [5, 5.41) is 14.2. The molecule has 0 aromatic heterocycles. The Morgan fingerprint density at radius 2 is 1.87 bits per heavy atom. The highest BCUT2D eigenvalue weighted by Crippen LogP contribution is 2.25.